The SMILES string of the molecule is C=CCN(C(=O)C(CCC(N)=O)NC(=O)OC(C)(C)C)C(C(=O)NCC(=O)OC)c1ccc(C)cc1. The van der Waals surface area contributed by atoms with E-state index in [4.69, 9.17) is 10.5 Å². The lowest BCUT2D eigenvalue weighted by Gasteiger charge is -2.33. The molecule has 2 atom stereocenters. The third-order valence-corrected chi connectivity index (χ3v) is 4.87. The first-order valence-electron chi connectivity index (χ1n) is 11.4. The summed E-state index contributed by atoms with van der Waals surface area (Å²) in [7, 11) is 1.19. The van der Waals surface area contributed by atoms with Crippen molar-refractivity contribution in [2.45, 2.75) is 58.2 Å². The molecule has 0 aliphatic rings. The maximum atomic E-state index is 13.7. The van der Waals surface area contributed by atoms with Gasteiger partial charge in [-0.15, -0.1) is 6.58 Å². The van der Waals surface area contributed by atoms with Gasteiger partial charge in [-0.3, -0.25) is 19.2 Å². The Bertz CT molecular complexity index is 954. The average molecular weight is 505 g/mol. The van der Waals surface area contributed by atoms with E-state index in [0.717, 1.165) is 5.56 Å². The Kier molecular flexibility index (Phi) is 11.6. The molecule has 0 spiro atoms. The van der Waals surface area contributed by atoms with Crippen LogP contribution in [0.15, 0.2) is 36.9 Å². The zero-order chi connectivity index (χ0) is 27.5. The summed E-state index contributed by atoms with van der Waals surface area (Å²) in [6.45, 7) is 10.0. The summed E-state index contributed by atoms with van der Waals surface area (Å²) >= 11 is 0. The molecule has 0 aliphatic carbocycles. The number of methoxy groups -OCH3 is 1. The summed E-state index contributed by atoms with van der Waals surface area (Å²) in [6.07, 6.45) is 0.236. The molecule has 0 saturated carbocycles. The van der Waals surface area contributed by atoms with Gasteiger partial charge in [0, 0.05) is 13.0 Å². The van der Waals surface area contributed by atoms with E-state index in [2.05, 4.69) is 21.9 Å². The summed E-state index contributed by atoms with van der Waals surface area (Å²) in [6, 6.07) is 4.50. The van der Waals surface area contributed by atoms with Crippen LogP contribution in [0, 0.1) is 6.92 Å². The molecule has 11 nitrogen and oxygen atoms in total. The zero-order valence-electron chi connectivity index (χ0n) is 21.5. The summed E-state index contributed by atoms with van der Waals surface area (Å²) in [5.41, 5.74) is 5.83. The average Bonchev–Trinajstić information content (AvgIpc) is 2.79. The van der Waals surface area contributed by atoms with Crippen molar-refractivity contribution in [3.05, 3.63) is 48.0 Å². The molecule has 0 heterocycles. The minimum absolute atomic E-state index is 0.0773. The van der Waals surface area contributed by atoms with Gasteiger partial charge in [-0.05, 0) is 39.7 Å². The lowest BCUT2D eigenvalue weighted by Crippen LogP contribution is -2.53. The first-order valence-corrected chi connectivity index (χ1v) is 11.4. The molecule has 1 aromatic carbocycles. The second kappa shape index (κ2) is 13.9. The molecule has 0 fully saturated rings. The summed E-state index contributed by atoms with van der Waals surface area (Å²) in [4.78, 5) is 63.6. The van der Waals surface area contributed by atoms with Gasteiger partial charge in [0.2, 0.25) is 17.7 Å². The van der Waals surface area contributed by atoms with Crippen LogP contribution in [0.2, 0.25) is 0 Å². The molecule has 11 heteroatoms. The van der Waals surface area contributed by atoms with E-state index < -0.39 is 54.0 Å². The van der Waals surface area contributed by atoms with Crippen LogP contribution in [0.5, 0.6) is 0 Å². The first-order chi connectivity index (χ1) is 16.8. The number of nitrogens with two attached hydrogens (primary N) is 1. The number of ether oxygens (including phenoxy) is 2. The van der Waals surface area contributed by atoms with Crippen LogP contribution >= 0.6 is 0 Å². The highest BCUT2D eigenvalue weighted by Crippen LogP contribution is 2.24. The molecule has 4 N–H and O–H groups in total. The molecule has 2 unspecified atom stereocenters. The lowest BCUT2D eigenvalue weighted by molar-refractivity contribution is -0.144. The van der Waals surface area contributed by atoms with Crippen LogP contribution in [0.4, 0.5) is 4.79 Å². The second-order valence-electron chi connectivity index (χ2n) is 9.09. The van der Waals surface area contributed by atoms with E-state index in [1.54, 1.807) is 45.0 Å². The number of hydrogen-bond donors (Lipinski definition) is 3. The van der Waals surface area contributed by atoms with Crippen molar-refractivity contribution in [2.24, 2.45) is 5.73 Å². The number of nitrogens with one attached hydrogen (secondary N) is 2. The molecule has 0 bridgehead atoms. The van der Waals surface area contributed by atoms with Crippen molar-refractivity contribution in [3.63, 3.8) is 0 Å². The van der Waals surface area contributed by atoms with E-state index in [1.807, 2.05) is 6.92 Å². The number of esters is 1. The molecule has 4 amide bonds. The van der Waals surface area contributed by atoms with Gasteiger partial charge in [0.25, 0.3) is 0 Å². The highest BCUT2D eigenvalue weighted by molar-refractivity contribution is 5.93. The van der Waals surface area contributed by atoms with Crippen LogP contribution in [0.25, 0.3) is 0 Å². The van der Waals surface area contributed by atoms with Crippen LogP contribution in [-0.2, 0) is 28.7 Å². The van der Waals surface area contributed by atoms with Crippen molar-refractivity contribution in [1.29, 1.82) is 0 Å². The van der Waals surface area contributed by atoms with Crippen molar-refractivity contribution >= 4 is 29.8 Å². The number of hydrogen-bond acceptors (Lipinski definition) is 7. The summed E-state index contributed by atoms with van der Waals surface area (Å²) in [5, 5.41) is 4.95. The van der Waals surface area contributed by atoms with E-state index in [0.29, 0.717) is 5.56 Å². The van der Waals surface area contributed by atoms with Gasteiger partial charge in [-0.25, -0.2) is 4.79 Å². The van der Waals surface area contributed by atoms with Gasteiger partial charge in [-0.1, -0.05) is 35.9 Å². The molecule has 0 radical (unpaired) electrons. The quantitative estimate of drug-likeness (QED) is 0.287. The van der Waals surface area contributed by atoms with Gasteiger partial charge in [0.15, 0.2) is 0 Å². The van der Waals surface area contributed by atoms with Crippen molar-refractivity contribution < 1.29 is 33.4 Å². The number of primary amides is 1. The van der Waals surface area contributed by atoms with E-state index in [9.17, 15) is 24.0 Å². The smallest absolute Gasteiger partial charge is 0.408 e. The maximum absolute atomic E-state index is 13.7. The first kappa shape index (κ1) is 30.1. The molecule has 1 rings (SSSR count). The molecular formula is C25H36N4O7. The van der Waals surface area contributed by atoms with Crippen LogP contribution < -0.4 is 16.4 Å². The Morgan fingerprint density at radius 3 is 2.25 bits per heavy atom. The Hall–Kier alpha value is -3.89. The summed E-state index contributed by atoms with van der Waals surface area (Å²) < 4.78 is 9.84. The third kappa shape index (κ3) is 10.2. The Labute approximate surface area is 211 Å². The highest BCUT2D eigenvalue weighted by atomic mass is 16.6. The standard InChI is InChI=1S/C25H36N4O7/c1-7-14-29(23(33)18(12-13-19(26)30)28-24(34)36-25(3,4)5)21(17-10-8-16(2)9-11-17)22(32)27-15-20(31)35-6/h7-11,18,21H,1,12-15H2,2-6H3,(H2,26,30)(H,27,32)(H,28,34). The number of amides is 4. The van der Waals surface area contributed by atoms with Crippen LogP contribution in [-0.4, -0.2) is 66.5 Å². The maximum Gasteiger partial charge on any atom is 0.408 e. The molecular weight excluding hydrogens is 468 g/mol. The number of carbonyl (C=O) groups is 5. The third-order valence-electron chi connectivity index (χ3n) is 4.87. The molecule has 0 aromatic heterocycles. The molecule has 0 saturated heterocycles. The Morgan fingerprint density at radius 1 is 1.14 bits per heavy atom. The fraction of sp³-hybridized carbons (Fsp3) is 0.480. The van der Waals surface area contributed by atoms with Gasteiger partial charge >= 0.3 is 12.1 Å². The number of aryl methyl sites for hydroxylation is 1. The van der Waals surface area contributed by atoms with E-state index in [1.165, 1.54) is 18.1 Å². The predicted molar refractivity (Wildman–Crippen MR) is 132 cm³/mol. The van der Waals surface area contributed by atoms with E-state index >= 15 is 0 Å². The van der Waals surface area contributed by atoms with Crippen LogP contribution in [0.1, 0.15) is 50.8 Å². The predicted octanol–water partition coefficient (Wildman–Crippen LogP) is 1.50. The van der Waals surface area contributed by atoms with Crippen molar-refractivity contribution in [1.82, 2.24) is 15.5 Å². The largest absolute Gasteiger partial charge is 0.468 e. The van der Waals surface area contributed by atoms with Crippen LogP contribution in [0.3, 0.4) is 0 Å². The minimum atomic E-state index is -1.23. The number of rotatable bonds is 12. The lowest BCUT2D eigenvalue weighted by atomic mass is 10.0. The van der Waals surface area contributed by atoms with Gasteiger partial charge in [0.05, 0.1) is 7.11 Å². The Morgan fingerprint density at radius 2 is 1.75 bits per heavy atom. The number of benzene rings is 1. The Balaban J connectivity index is 3.41. The molecule has 1 aromatic rings. The van der Waals surface area contributed by atoms with Gasteiger partial charge in [-0.2, -0.15) is 0 Å². The van der Waals surface area contributed by atoms with Gasteiger partial charge in [0.1, 0.15) is 24.2 Å². The van der Waals surface area contributed by atoms with E-state index in [-0.39, 0.29) is 19.4 Å². The van der Waals surface area contributed by atoms with Crippen molar-refractivity contribution in [2.75, 3.05) is 20.2 Å². The highest BCUT2D eigenvalue weighted by Gasteiger charge is 2.36. The number of carbonyl (C=O) groups excluding carboxylic acids is 5. The zero-order valence-corrected chi connectivity index (χ0v) is 21.5. The monoisotopic (exact) mass is 504 g/mol. The second-order valence-corrected chi connectivity index (χ2v) is 9.09. The normalized spacial score (nSPS) is 12.5. The fourth-order valence-electron chi connectivity index (χ4n) is 3.21. The number of nitrogens with zero attached hydrogens (tertiary/aromatic N) is 1. The summed E-state index contributed by atoms with van der Waals surface area (Å²) in [5.74, 6) is -2.65. The minimum Gasteiger partial charge on any atom is -0.468 e. The molecule has 36 heavy (non-hydrogen) atoms. The fourth-order valence-corrected chi connectivity index (χ4v) is 3.21. The number of alkyl carbamates (subject to hydrolysis) is 1. The van der Waals surface area contributed by atoms with Gasteiger partial charge < -0.3 is 30.7 Å². The molecule has 0 aliphatic heterocycles. The molecule has 198 valence electrons. The topological polar surface area (TPSA) is 157 Å². The van der Waals surface area contributed by atoms with Crippen molar-refractivity contribution in [3.8, 4) is 0 Å².